The van der Waals surface area contributed by atoms with Gasteiger partial charge in [-0.25, -0.2) is 0 Å². The van der Waals surface area contributed by atoms with Crippen molar-refractivity contribution in [1.29, 1.82) is 0 Å². The molecule has 0 bridgehead atoms. The molecular weight excluding hydrogens is 226 g/mol. The summed E-state index contributed by atoms with van der Waals surface area (Å²) in [6.07, 6.45) is 8.86. The maximum absolute atomic E-state index is 11.3. The van der Waals surface area contributed by atoms with Crippen molar-refractivity contribution in [2.24, 2.45) is 0 Å². The number of nitrogens with zero attached hydrogens (tertiary/aromatic N) is 2. The largest absolute Gasteiger partial charge is 0.343 e. The van der Waals surface area contributed by atoms with Crippen molar-refractivity contribution in [3.05, 3.63) is 40.4 Å². The first-order valence-corrected chi connectivity index (χ1v) is 6.62. The normalized spacial score (nSPS) is 21.5. The molecule has 1 aliphatic heterocycles. The third-order valence-corrected chi connectivity index (χ3v) is 3.92. The van der Waals surface area contributed by atoms with E-state index < -0.39 is 0 Å². The molecule has 18 heavy (non-hydrogen) atoms. The minimum Gasteiger partial charge on any atom is -0.343 e. The summed E-state index contributed by atoms with van der Waals surface area (Å²) in [6, 6.07) is 3.87. The highest BCUT2D eigenvalue weighted by Crippen LogP contribution is 2.18. The number of rotatable bonds is 2. The van der Waals surface area contributed by atoms with Gasteiger partial charge in [0.2, 0.25) is 0 Å². The number of imidazole rings is 1. The standard InChI is InChI=1S/C14H19N3O/c1-16-6-3-2-4-12(16)8-11-10-17-7-5-13(18)9-14(17)15-11/h5,7,9-10,12,15H,2-4,6,8H2,1H3. The molecule has 2 aromatic rings. The van der Waals surface area contributed by atoms with Crippen LogP contribution >= 0.6 is 0 Å². The molecule has 1 unspecified atom stereocenters. The van der Waals surface area contributed by atoms with Gasteiger partial charge >= 0.3 is 0 Å². The predicted octanol–water partition coefficient (Wildman–Crippen LogP) is 1.65. The van der Waals surface area contributed by atoms with Crippen molar-refractivity contribution in [2.45, 2.75) is 31.7 Å². The van der Waals surface area contributed by atoms with Crippen molar-refractivity contribution in [3.8, 4) is 0 Å². The molecule has 3 rings (SSSR count). The maximum atomic E-state index is 11.3. The second kappa shape index (κ2) is 4.61. The molecule has 0 saturated carbocycles. The molecule has 0 spiro atoms. The van der Waals surface area contributed by atoms with Crippen molar-refractivity contribution >= 4 is 5.65 Å². The van der Waals surface area contributed by atoms with E-state index in [1.807, 2.05) is 10.6 Å². The molecule has 1 aliphatic rings. The lowest BCUT2D eigenvalue weighted by molar-refractivity contribution is 0.184. The van der Waals surface area contributed by atoms with Crippen LogP contribution in [0, 0.1) is 0 Å². The molecule has 0 amide bonds. The Morgan fingerprint density at radius 3 is 3.17 bits per heavy atom. The van der Waals surface area contributed by atoms with E-state index in [0.717, 1.165) is 12.1 Å². The van der Waals surface area contributed by atoms with Crippen LogP contribution in [0.4, 0.5) is 0 Å². The number of piperidine rings is 1. The van der Waals surface area contributed by atoms with E-state index in [1.165, 1.54) is 31.5 Å². The van der Waals surface area contributed by atoms with E-state index in [2.05, 4.69) is 23.1 Å². The lowest BCUT2D eigenvalue weighted by Gasteiger charge is -2.32. The predicted molar refractivity (Wildman–Crippen MR) is 72.0 cm³/mol. The number of likely N-dealkylation sites (tertiary alicyclic amines) is 1. The van der Waals surface area contributed by atoms with Gasteiger partial charge < -0.3 is 14.3 Å². The van der Waals surface area contributed by atoms with Crippen LogP contribution in [0.25, 0.3) is 5.65 Å². The molecule has 1 saturated heterocycles. The van der Waals surface area contributed by atoms with Gasteiger partial charge in [0.05, 0.1) is 0 Å². The van der Waals surface area contributed by atoms with Gasteiger partial charge in [-0.05, 0) is 26.4 Å². The van der Waals surface area contributed by atoms with Crippen molar-refractivity contribution < 1.29 is 0 Å². The number of aromatic amines is 1. The summed E-state index contributed by atoms with van der Waals surface area (Å²) in [4.78, 5) is 17.1. The highest BCUT2D eigenvalue weighted by molar-refractivity contribution is 5.39. The average Bonchev–Trinajstić information content (AvgIpc) is 2.73. The van der Waals surface area contributed by atoms with Gasteiger partial charge in [-0.2, -0.15) is 0 Å². The summed E-state index contributed by atoms with van der Waals surface area (Å²) in [5.74, 6) is 0. The van der Waals surface area contributed by atoms with Gasteiger partial charge in [-0.1, -0.05) is 6.42 Å². The number of nitrogens with one attached hydrogen (secondary N) is 1. The highest BCUT2D eigenvalue weighted by atomic mass is 16.1. The first kappa shape index (κ1) is 11.5. The summed E-state index contributed by atoms with van der Waals surface area (Å²) >= 11 is 0. The van der Waals surface area contributed by atoms with E-state index in [1.54, 1.807) is 12.1 Å². The molecule has 3 heterocycles. The van der Waals surface area contributed by atoms with Crippen LogP contribution in [0.1, 0.15) is 25.0 Å². The second-order valence-corrected chi connectivity index (χ2v) is 5.27. The molecular formula is C14H19N3O. The van der Waals surface area contributed by atoms with Crippen LogP contribution in [-0.4, -0.2) is 33.9 Å². The lowest BCUT2D eigenvalue weighted by atomic mass is 9.99. The van der Waals surface area contributed by atoms with Crippen molar-refractivity contribution in [3.63, 3.8) is 0 Å². The van der Waals surface area contributed by atoms with E-state index in [-0.39, 0.29) is 5.43 Å². The topological polar surface area (TPSA) is 40.5 Å². The Bertz CT molecular complexity index is 598. The van der Waals surface area contributed by atoms with Gasteiger partial charge in [-0.3, -0.25) is 4.79 Å². The molecule has 0 aliphatic carbocycles. The Kier molecular flexibility index (Phi) is 2.96. The third-order valence-electron chi connectivity index (χ3n) is 3.92. The number of H-pyrrole nitrogens is 1. The number of hydrogen-bond donors (Lipinski definition) is 1. The molecule has 1 N–H and O–H groups in total. The fourth-order valence-electron chi connectivity index (χ4n) is 2.83. The molecule has 1 atom stereocenters. The quantitative estimate of drug-likeness (QED) is 0.874. The lowest BCUT2D eigenvalue weighted by Crippen LogP contribution is -2.37. The Morgan fingerprint density at radius 1 is 1.44 bits per heavy atom. The van der Waals surface area contributed by atoms with Gasteiger partial charge in [-0.15, -0.1) is 0 Å². The molecule has 2 aromatic heterocycles. The number of likely N-dealkylation sites (N-methyl/N-ethyl adjacent to an activating group) is 1. The molecule has 0 aromatic carbocycles. The van der Waals surface area contributed by atoms with Crippen LogP contribution in [0.2, 0.25) is 0 Å². The van der Waals surface area contributed by atoms with Gasteiger partial charge in [0.1, 0.15) is 5.65 Å². The van der Waals surface area contributed by atoms with E-state index >= 15 is 0 Å². The van der Waals surface area contributed by atoms with E-state index in [4.69, 9.17) is 0 Å². The van der Waals surface area contributed by atoms with Crippen molar-refractivity contribution in [2.75, 3.05) is 13.6 Å². The second-order valence-electron chi connectivity index (χ2n) is 5.27. The average molecular weight is 245 g/mol. The molecule has 96 valence electrons. The van der Waals surface area contributed by atoms with Crippen molar-refractivity contribution in [1.82, 2.24) is 14.3 Å². The van der Waals surface area contributed by atoms with Crippen LogP contribution in [0.5, 0.6) is 0 Å². The van der Waals surface area contributed by atoms with Crippen LogP contribution < -0.4 is 5.43 Å². The summed E-state index contributed by atoms with van der Waals surface area (Å²) in [7, 11) is 2.20. The molecule has 0 radical (unpaired) electrons. The summed E-state index contributed by atoms with van der Waals surface area (Å²) in [5, 5.41) is 0. The van der Waals surface area contributed by atoms with Gasteiger partial charge in [0.25, 0.3) is 0 Å². The number of hydrogen-bond acceptors (Lipinski definition) is 2. The summed E-state index contributed by atoms with van der Waals surface area (Å²) in [5.41, 5.74) is 2.15. The van der Waals surface area contributed by atoms with E-state index in [9.17, 15) is 4.79 Å². The number of aromatic nitrogens is 2. The summed E-state index contributed by atoms with van der Waals surface area (Å²) < 4.78 is 1.99. The monoisotopic (exact) mass is 245 g/mol. The molecule has 4 nitrogen and oxygen atoms in total. The van der Waals surface area contributed by atoms with Gasteiger partial charge in [0.15, 0.2) is 5.43 Å². The Morgan fingerprint density at radius 2 is 2.33 bits per heavy atom. The number of fused-ring (bicyclic) bond motifs is 1. The fourth-order valence-corrected chi connectivity index (χ4v) is 2.83. The number of pyridine rings is 1. The highest BCUT2D eigenvalue weighted by Gasteiger charge is 2.19. The smallest absolute Gasteiger partial charge is 0.183 e. The molecule has 1 fully saturated rings. The first-order chi connectivity index (χ1) is 8.72. The van der Waals surface area contributed by atoms with E-state index in [0.29, 0.717) is 6.04 Å². The van der Waals surface area contributed by atoms with Crippen LogP contribution in [0.15, 0.2) is 29.3 Å². The van der Waals surface area contributed by atoms with Gasteiger partial charge in [0, 0.05) is 42.7 Å². The SMILES string of the molecule is CN1CCCCC1Cc1cn2ccc(=O)cc2[nH]1. The van der Waals surface area contributed by atoms with Crippen LogP contribution in [0.3, 0.4) is 0 Å². The summed E-state index contributed by atoms with van der Waals surface area (Å²) in [6.45, 7) is 1.20. The first-order valence-electron chi connectivity index (χ1n) is 6.62. The molecule has 4 heteroatoms. The van der Waals surface area contributed by atoms with Crippen LogP contribution in [-0.2, 0) is 6.42 Å². The zero-order valence-electron chi connectivity index (χ0n) is 10.7. The Hall–Kier alpha value is -1.55. The minimum atomic E-state index is 0.0539. The maximum Gasteiger partial charge on any atom is 0.183 e. The Labute approximate surface area is 106 Å². The third kappa shape index (κ3) is 2.20. The minimum absolute atomic E-state index is 0.0539. The Balaban J connectivity index is 1.83. The fraction of sp³-hybridized carbons (Fsp3) is 0.500. The zero-order valence-corrected chi connectivity index (χ0v) is 10.7. The zero-order chi connectivity index (χ0) is 12.5.